The summed E-state index contributed by atoms with van der Waals surface area (Å²) in [5.74, 6) is -0.292. The second kappa shape index (κ2) is 4.35. The van der Waals surface area contributed by atoms with Crippen LogP contribution in [0.5, 0.6) is 0 Å². The van der Waals surface area contributed by atoms with E-state index in [4.69, 9.17) is 9.47 Å². The molecule has 14 heavy (non-hydrogen) atoms. The van der Waals surface area contributed by atoms with Gasteiger partial charge in [-0.15, -0.1) is 0 Å². The molecule has 1 aliphatic heterocycles. The van der Waals surface area contributed by atoms with Crippen molar-refractivity contribution in [3.8, 4) is 0 Å². The molecule has 0 atom stereocenters. The number of hydrogen-bond acceptors (Lipinski definition) is 2. The minimum atomic E-state index is -0.591. The standard InChI is InChI=1S/C11H11FO2/c12-10-6-2-1-5-9(10)11-13-7-3-4-8-14-11/h1-6,11H,7-8H2. The highest BCUT2D eigenvalue weighted by molar-refractivity contribution is 5.18. The third-order valence-electron chi connectivity index (χ3n) is 2.01. The zero-order valence-electron chi connectivity index (χ0n) is 7.65. The fourth-order valence-electron chi connectivity index (χ4n) is 1.32. The van der Waals surface area contributed by atoms with Crippen molar-refractivity contribution in [3.63, 3.8) is 0 Å². The van der Waals surface area contributed by atoms with E-state index in [0.29, 0.717) is 18.8 Å². The van der Waals surface area contributed by atoms with Crippen molar-refractivity contribution in [3.05, 3.63) is 47.8 Å². The van der Waals surface area contributed by atoms with Crippen molar-refractivity contribution >= 4 is 0 Å². The van der Waals surface area contributed by atoms with E-state index >= 15 is 0 Å². The Bertz CT molecular complexity index is 326. The molecule has 3 heteroatoms. The fraction of sp³-hybridized carbons (Fsp3) is 0.273. The Hall–Kier alpha value is -1.19. The van der Waals surface area contributed by atoms with Gasteiger partial charge in [-0.3, -0.25) is 0 Å². The van der Waals surface area contributed by atoms with Crippen molar-refractivity contribution in [1.29, 1.82) is 0 Å². The molecule has 0 saturated carbocycles. The summed E-state index contributed by atoms with van der Waals surface area (Å²) >= 11 is 0. The molecule has 0 amide bonds. The van der Waals surface area contributed by atoms with Gasteiger partial charge in [-0.1, -0.05) is 30.4 Å². The van der Waals surface area contributed by atoms with Crippen LogP contribution in [0.25, 0.3) is 0 Å². The first-order valence-electron chi connectivity index (χ1n) is 4.50. The second-order valence-corrected chi connectivity index (χ2v) is 2.99. The van der Waals surface area contributed by atoms with E-state index in [1.165, 1.54) is 6.07 Å². The van der Waals surface area contributed by atoms with Gasteiger partial charge in [0.05, 0.1) is 13.2 Å². The lowest BCUT2D eigenvalue weighted by Crippen LogP contribution is -2.08. The number of halogens is 1. The van der Waals surface area contributed by atoms with Crippen LogP contribution >= 0.6 is 0 Å². The average Bonchev–Trinajstić information content (AvgIpc) is 2.47. The quantitative estimate of drug-likeness (QED) is 0.639. The Balaban J connectivity index is 2.18. The molecule has 0 spiro atoms. The van der Waals surface area contributed by atoms with E-state index in [9.17, 15) is 4.39 Å². The maximum atomic E-state index is 13.3. The monoisotopic (exact) mass is 194 g/mol. The van der Waals surface area contributed by atoms with Crippen LogP contribution < -0.4 is 0 Å². The lowest BCUT2D eigenvalue weighted by molar-refractivity contribution is -0.127. The highest BCUT2D eigenvalue weighted by Crippen LogP contribution is 2.22. The number of ether oxygens (including phenoxy) is 2. The Morgan fingerprint density at radius 2 is 1.71 bits per heavy atom. The summed E-state index contributed by atoms with van der Waals surface area (Å²) < 4.78 is 24.0. The van der Waals surface area contributed by atoms with Crippen LogP contribution in [0.1, 0.15) is 11.9 Å². The third kappa shape index (κ3) is 2.00. The van der Waals surface area contributed by atoms with Crippen molar-refractivity contribution in [2.75, 3.05) is 13.2 Å². The summed E-state index contributed by atoms with van der Waals surface area (Å²) in [6.07, 6.45) is 3.13. The molecule has 2 rings (SSSR count). The summed E-state index contributed by atoms with van der Waals surface area (Å²) in [4.78, 5) is 0. The Labute approximate surface area is 82.0 Å². The summed E-state index contributed by atoms with van der Waals surface area (Å²) in [5, 5.41) is 0. The number of rotatable bonds is 1. The molecule has 0 radical (unpaired) electrons. The largest absolute Gasteiger partial charge is 0.344 e. The van der Waals surface area contributed by atoms with Gasteiger partial charge in [-0.2, -0.15) is 0 Å². The van der Waals surface area contributed by atoms with Crippen LogP contribution in [0.4, 0.5) is 4.39 Å². The zero-order valence-corrected chi connectivity index (χ0v) is 7.65. The maximum absolute atomic E-state index is 13.3. The van der Waals surface area contributed by atoms with E-state index in [0.717, 1.165) is 0 Å². The molecule has 0 fully saturated rings. The van der Waals surface area contributed by atoms with E-state index in [-0.39, 0.29) is 5.82 Å². The van der Waals surface area contributed by atoms with Crippen LogP contribution in [0.15, 0.2) is 36.4 Å². The van der Waals surface area contributed by atoms with E-state index in [1.807, 2.05) is 12.2 Å². The lowest BCUT2D eigenvalue weighted by atomic mass is 10.2. The number of hydrogen-bond donors (Lipinski definition) is 0. The van der Waals surface area contributed by atoms with E-state index in [1.54, 1.807) is 18.2 Å². The van der Waals surface area contributed by atoms with Crippen molar-refractivity contribution in [2.45, 2.75) is 6.29 Å². The molecule has 0 bridgehead atoms. The minimum absolute atomic E-state index is 0.292. The van der Waals surface area contributed by atoms with Crippen LogP contribution in [0, 0.1) is 5.82 Å². The van der Waals surface area contributed by atoms with Crippen molar-refractivity contribution in [1.82, 2.24) is 0 Å². The van der Waals surface area contributed by atoms with Gasteiger partial charge in [0.25, 0.3) is 0 Å². The molecule has 2 nitrogen and oxygen atoms in total. The van der Waals surface area contributed by atoms with Crippen molar-refractivity contribution in [2.24, 2.45) is 0 Å². The average molecular weight is 194 g/mol. The van der Waals surface area contributed by atoms with Crippen LogP contribution in [-0.4, -0.2) is 13.2 Å². The fourth-order valence-corrected chi connectivity index (χ4v) is 1.32. The van der Waals surface area contributed by atoms with Gasteiger partial charge in [0.2, 0.25) is 0 Å². The van der Waals surface area contributed by atoms with Crippen LogP contribution in [0.2, 0.25) is 0 Å². The molecule has 1 aromatic carbocycles. The summed E-state index contributed by atoms with van der Waals surface area (Å²) in [5.41, 5.74) is 0.455. The molecule has 1 heterocycles. The molecule has 74 valence electrons. The first-order valence-corrected chi connectivity index (χ1v) is 4.50. The van der Waals surface area contributed by atoms with Gasteiger partial charge >= 0.3 is 0 Å². The molecule has 0 saturated heterocycles. The van der Waals surface area contributed by atoms with E-state index in [2.05, 4.69) is 0 Å². The summed E-state index contributed by atoms with van der Waals surface area (Å²) in [6, 6.07) is 6.49. The highest BCUT2D eigenvalue weighted by Gasteiger charge is 2.16. The Morgan fingerprint density at radius 1 is 1.07 bits per heavy atom. The van der Waals surface area contributed by atoms with Gasteiger partial charge in [0.1, 0.15) is 5.82 Å². The second-order valence-electron chi connectivity index (χ2n) is 2.99. The Kier molecular flexibility index (Phi) is 2.91. The third-order valence-corrected chi connectivity index (χ3v) is 2.01. The van der Waals surface area contributed by atoms with Crippen LogP contribution in [-0.2, 0) is 9.47 Å². The maximum Gasteiger partial charge on any atom is 0.187 e. The Morgan fingerprint density at radius 3 is 2.36 bits per heavy atom. The summed E-state index contributed by atoms with van der Waals surface area (Å²) in [7, 11) is 0. The SMILES string of the molecule is Fc1ccccc1C1OCC=CCO1. The molecule has 0 aromatic heterocycles. The van der Waals surface area contributed by atoms with Crippen LogP contribution in [0.3, 0.4) is 0 Å². The number of benzene rings is 1. The van der Waals surface area contributed by atoms with Gasteiger partial charge in [-0.05, 0) is 6.07 Å². The zero-order chi connectivity index (χ0) is 9.80. The van der Waals surface area contributed by atoms with Gasteiger partial charge in [0.15, 0.2) is 6.29 Å². The highest BCUT2D eigenvalue weighted by atomic mass is 19.1. The molecule has 1 aliphatic rings. The molecular formula is C11H11FO2. The molecule has 0 aliphatic carbocycles. The lowest BCUT2D eigenvalue weighted by Gasteiger charge is -2.15. The topological polar surface area (TPSA) is 18.5 Å². The first kappa shape index (κ1) is 9.37. The van der Waals surface area contributed by atoms with Gasteiger partial charge < -0.3 is 9.47 Å². The van der Waals surface area contributed by atoms with Crippen molar-refractivity contribution < 1.29 is 13.9 Å². The predicted octanol–water partition coefficient (Wildman–Crippen LogP) is 2.43. The molecule has 0 unspecified atom stereocenters. The first-order chi connectivity index (χ1) is 6.88. The van der Waals surface area contributed by atoms with E-state index < -0.39 is 6.29 Å². The molecular weight excluding hydrogens is 183 g/mol. The van der Waals surface area contributed by atoms with Gasteiger partial charge in [-0.25, -0.2) is 4.39 Å². The normalized spacial score (nSPS) is 18.1. The minimum Gasteiger partial charge on any atom is -0.344 e. The predicted molar refractivity (Wildman–Crippen MR) is 50.2 cm³/mol. The molecule has 1 aromatic rings. The smallest absolute Gasteiger partial charge is 0.187 e. The molecule has 0 N–H and O–H groups in total. The summed E-state index contributed by atoms with van der Waals surface area (Å²) in [6.45, 7) is 0.915. The van der Waals surface area contributed by atoms with Gasteiger partial charge in [0, 0.05) is 5.56 Å².